The Morgan fingerprint density at radius 1 is 1.46 bits per heavy atom. The average Bonchev–Trinajstić information content (AvgIpc) is 2.98. The van der Waals surface area contributed by atoms with Crippen molar-refractivity contribution >= 4 is 38.4 Å². The number of nitrogens with zero attached hydrogens (tertiary/aromatic N) is 2. The van der Waals surface area contributed by atoms with Crippen molar-refractivity contribution < 1.29 is 9.53 Å². The fourth-order valence-corrected chi connectivity index (χ4v) is 3.15. The van der Waals surface area contributed by atoms with Gasteiger partial charge in [-0.2, -0.15) is 0 Å². The Labute approximate surface area is 154 Å². The number of hydrogen-bond donors (Lipinski definition) is 2. The lowest BCUT2D eigenvalue weighted by atomic mass is 10.2. The van der Waals surface area contributed by atoms with Crippen LogP contribution in [-0.4, -0.2) is 43.2 Å². The number of hydrogen-bond acceptors (Lipinski definition) is 5. The number of urea groups is 1. The van der Waals surface area contributed by atoms with Crippen LogP contribution in [0, 0.1) is 0 Å². The Morgan fingerprint density at radius 2 is 2.29 bits per heavy atom. The summed E-state index contributed by atoms with van der Waals surface area (Å²) in [7, 11) is 3.70. The van der Waals surface area contributed by atoms with Crippen LogP contribution >= 0.6 is 27.3 Å². The maximum absolute atomic E-state index is 11.9. The third kappa shape index (κ3) is 6.56. The van der Waals surface area contributed by atoms with Crippen LogP contribution in [0.3, 0.4) is 0 Å². The Balaban J connectivity index is 1.78. The van der Waals surface area contributed by atoms with Gasteiger partial charge in [0.2, 0.25) is 0 Å². The van der Waals surface area contributed by atoms with Crippen molar-refractivity contribution in [1.82, 2.24) is 15.2 Å². The molecule has 0 atom stereocenters. The molecular weight excluding hydrogens is 392 g/mol. The van der Waals surface area contributed by atoms with Crippen molar-refractivity contribution in [2.75, 3.05) is 32.6 Å². The van der Waals surface area contributed by atoms with E-state index in [1.165, 1.54) is 11.3 Å². The lowest BCUT2D eigenvalue weighted by Gasteiger charge is -2.13. The number of nitrogens with one attached hydrogen (secondary N) is 2. The SMILES string of the molecule is COCCN(C)Cc1csc(NC(=O)NCc2cccc(Br)c2)n1. The maximum Gasteiger partial charge on any atom is 0.321 e. The molecule has 2 N–H and O–H groups in total. The molecule has 0 unspecified atom stereocenters. The highest BCUT2D eigenvalue weighted by atomic mass is 79.9. The number of carbonyl (C=O) groups is 1. The molecule has 6 nitrogen and oxygen atoms in total. The second kappa shape index (κ2) is 9.73. The van der Waals surface area contributed by atoms with Crippen LogP contribution in [0.2, 0.25) is 0 Å². The molecule has 1 heterocycles. The highest BCUT2D eigenvalue weighted by Crippen LogP contribution is 2.16. The molecule has 0 radical (unpaired) electrons. The van der Waals surface area contributed by atoms with E-state index < -0.39 is 0 Å². The molecule has 1 aromatic carbocycles. The highest BCUT2D eigenvalue weighted by molar-refractivity contribution is 9.10. The van der Waals surface area contributed by atoms with Gasteiger partial charge in [0.1, 0.15) is 0 Å². The summed E-state index contributed by atoms with van der Waals surface area (Å²) in [5.74, 6) is 0. The minimum atomic E-state index is -0.261. The van der Waals surface area contributed by atoms with Crippen LogP contribution < -0.4 is 10.6 Å². The fraction of sp³-hybridized carbons (Fsp3) is 0.375. The normalized spacial score (nSPS) is 10.8. The molecule has 2 aromatic rings. The number of amides is 2. The molecule has 0 spiro atoms. The van der Waals surface area contributed by atoms with Gasteiger partial charge in [-0.3, -0.25) is 10.2 Å². The monoisotopic (exact) mass is 412 g/mol. The van der Waals surface area contributed by atoms with Crippen LogP contribution in [0.5, 0.6) is 0 Å². The smallest absolute Gasteiger partial charge is 0.321 e. The Hall–Kier alpha value is -1.48. The van der Waals surface area contributed by atoms with Gasteiger partial charge in [0.15, 0.2) is 5.13 Å². The number of halogens is 1. The minimum Gasteiger partial charge on any atom is -0.383 e. The van der Waals surface area contributed by atoms with E-state index in [1.54, 1.807) is 7.11 Å². The number of ether oxygens (including phenoxy) is 1. The molecule has 0 aliphatic rings. The van der Waals surface area contributed by atoms with Crippen molar-refractivity contribution in [2.24, 2.45) is 0 Å². The van der Waals surface area contributed by atoms with E-state index in [0.29, 0.717) is 18.3 Å². The lowest BCUT2D eigenvalue weighted by Crippen LogP contribution is -2.28. The molecule has 2 rings (SSSR count). The first-order chi connectivity index (χ1) is 11.6. The van der Waals surface area contributed by atoms with E-state index in [0.717, 1.165) is 28.8 Å². The van der Waals surface area contributed by atoms with Crippen molar-refractivity contribution in [2.45, 2.75) is 13.1 Å². The summed E-state index contributed by atoms with van der Waals surface area (Å²) in [6.07, 6.45) is 0. The summed E-state index contributed by atoms with van der Waals surface area (Å²) < 4.78 is 6.04. The molecular formula is C16H21BrN4O2S. The van der Waals surface area contributed by atoms with Crippen LogP contribution in [0.25, 0.3) is 0 Å². The van der Waals surface area contributed by atoms with Crippen molar-refractivity contribution in [3.05, 3.63) is 45.4 Å². The van der Waals surface area contributed by atoms with Gasteiger partial charge in [0.05, 0.1) is 12.3 Å². The van der Waals surface area contributed by atoms with Crippen molar-refractivity contribution in [3.63, 3.8) is 0 Å². The zero-order valence-electron chi connectivity index (χ0n) is 13.7. The van der Waals surface area contributed by atoms with Crippen LogP contribution in [-0.2, 0) is 17.8 Å². The van der Waals surface area contributed by atoms with Crippen molar-refractivity contribution in [1.29, 1.82) is 0 Å². The predicted molar refractivity (Wildman–Crippen MR) is 100 cm³/mol. The number of carbonyl (C=O) groups excluding carboxylic acids is 1. The van der Waals surface area contributed by atoms with Gasteiger partial charge >= 0.3 is 6.03 Å². The predicted octanol–water partition coefficient (Wildman–Crippen LogP) is 3.31. The lowest BCUT2D eigenvalue weighted by molar-refractivity contribution is 0.158. The standard InChI is InChI=1S/C16H21BrN4O2S/c1-21(6-7-23-2)10-14-11-24-16(19-14)20-15(22)18-9-12-4-3-5-13(17)8-12/h3-5,8,11H,6-7,9-10H2,1-2H3,(H2,18,19,20,22). The van der Waals surface area contributed by atoms with E-state index in [4.69, 9.17) is 4.74 Å². The Morgan fingerprint density at radius 3 is 3.04 bits per heavy atom. The van der Waals surface area contributed by atoms with E-state index >= 15 is 0 Å². The summed E-state index contributed by atoms with van der Waals surface area (Å²) in [5.41, 5.74) is 1.96. The summed E-state index contributed by atoms with van der Waals surface area (Å²) in [6.45, 7) is 2.71. The van der Waals surface area contributed by atoms with Gasteiger partial charge in [-0.05, 0) is 24.7 Å². The van der Waals surface area contributed by atoms with Gasteiger partial charge < -0.3 is 10.1 Å². The molecule has 0 aliphatic heterocycles. The van der Waals surface area contributed by atoms with Gasteiger partial charge in [-0.1, -0.05) is 28.1 Å². The molecule has 0 saturated heterocycles. The zero-order valence-corrected chi connectivity index (χ0v) is 16.1. The maximum atomic E-state index is 11.9. The summed E-state index contributed by atoms with van der Waals surface area (Å²) in [6, 6.07) is 7.56. The molecule has 0 fully saturated rings. The first kappa shape index (κ1) is 18.9. The van der Waals surface area contributed by atoms with Crippen molar-refractivity contribution in [3.8, 4) is 0 Å². The molecule has 130 valence electrons. The quantitative estimate of drug-likeness (QED) is 0.697. The van der Waals surface area contributed by atoms with Crippen LogP contribution in [0.4, 0.5) is 9.93 Å². The highest BCUT2D eigenvalue weighted by Gasteiger charge is 2.08. The third-order valence-electron chi connectivity index (χ3n) is 3.22. The van der Waals surface area contributed by atoms with Gasteiger partial charge in [0.25, 0.3) is 0 Å². The van der Waals surface area contributed by atoms with Crippen LogP contribution in [0.1, 0.15) is 11.3 Å². The largest absolute Gasteiger partial charge is 0.383 e. The second-order valence-electron chi connectivity index (χ2n) is 5.31. The van der Waals surface area contributed by atoms with Gasteiger partial charge in [-0.15, -0.1) is 11.3 Å². The average molecular weight is 413 g/mol. The fourth-order valence-electron chi connectivity index (χ4n) is 2.01. The molecule has 24 heavy (non-hydrogen) atoms. The molecule has 0 bridgehead atoms. The molecule has 1 aromatic heterocycles. The number of thiazole rings is 1. The van der Waals surface area contributed by atoms with E-state index in [-0.39, 0.29) is 6.03 Å². The number of rotatable bonds is 8. The zero-order chi connectivity index (χ0) is 17.4. The molecule has 0 aliphatic carbocycles. The van der Waals surface area contributed by atoms with Gasteiger partial charge in [-0.25, -0.2) is 9.78 Å². The number of methoxy groups -OCH3 is 1. The first-order valence-electron chi connectivity index (χ1n) is 7.48. The van der Waals surface area contributed by atoms with E-state index in [1.807, 2.05) is 36.7 Å². The Kier molecular flexibility index (Phi) is 7.64. The number of aromatic nitrogens is 1. The van der Waals surface area contributed by atoms with E-state index in [9.17, 15) is 4.79 Å². The topological polar surface area (TPSA) is 66.5 Å². The van der Waals surface area contributed by atoms with Crippen LogP contribution in [0.15, 0.2) is 34.1 Å². The Bertz CT molecular complexity index is 665. The summed E-state index contributed by atoms with van der Waals surface area (Å²) >= 11 is 4.83. The van der Waals surface area contributed by atoms with Gasteiger partial charge in [0, 0.05) is 36.6 Å². The summed E-state index contributed by atoms with van der Waals surface area (Å²) in [4.78, 5) is 18.5. The molecule has 2 amide bonds. The number of anilines is 1. The van der Waals surface area contributed by atoms with E-state index in [2.05, 4.69) is 36.4 Å². The molecule has 0 saturated carbocycles. The second-order valence-corrected chi connectivity index (χ2v) is 7.09. The molecule has 8 heteroatoms. The third-order valence-corrected chi connectivity index (χ3v) is 4.52. The number of likely N-dealkylation sites (N-methyl/N-ethyl adjacent to an activating group) is 1. The first-order valence-corrected chi connectivity index (χ1v) is 9.15. The summed E-state index contributed by atoms with van der Waals surface area (Å²) in [5, 5.41) is 8.13. The number of benzene rings is 1. The minimum absolute atomic E-state index is 0.261.